The summed E-state index contributed by atoms with van der Waals surface area (Å²) < 4.78 is 0. The van der Waals surface area contributed by atoms with Crippen LogP contribution in [0.2, 0.25) is 0 Å². The molecule has 2 fully saturated rings. The Labute approximate surface area is 170 Å². The van der Waals surface area contributed by atoms with Crippen molar-refractivity contribution in [1.29, 1.82) is 10.5 Å². The molecule has 148 valence electrons. The van der Waals surface area contributed by atoms with Crippen LogP contribution in [0.15, 0.2) is 24.3 Å². The molecule has 0 aromatic heterocycles. The number of amides is 1. The predicted octanol–water partition coefficient (Wildman–Crippen LogP) is 1.38. The summed E-state index contributed by atoms with van der Waals surface area (Å²) in [6, 6.07) is 12.2. The van der Waals surface area contributed by atoms with E-state index in [1.165, 1.54) is 5.56 Å². The maximum atomic E-state index is 12.4. The maximum Gasteiger partial charge on any atom is 0.239 e. The number of nitrogens with zero attached hydrogens (tertiary/aromatic N) is 5. The largest absolute Gasteiger partial charge is 0.315 e. The Morgan fingerprint density at radius 1 is 1.29 bits per heavy atom. The number of nitrogens with one attached hydrogen (secondary N) is 1. The molecule has 3 rings (SSSR count). The molecule has 1 N–H and O–H groups in total. The molecule has 0 radical (unpaired) electrons. The van der Waals surface area contributed by atoms with Gasteiger partial charge in [0.2, 0.25) is 5.91 Å². The van der Waals surface area contributed by atoms with Crippen molar-refractivity contribution in [2.75, 3.05) is 38.3 Å². The third kappa shape index (κ3) is 5.46. The molecule has 1 amide bonds. The number of thioether (sulfide) groups is 1. The van der Waals surface area contributed by atoms with Crippen molar-refractivity contribution in [3.8, 4) is 12.1 Å². The van der Waals surface area contributed by atoms with Crippen LogP contribution < -0.4 is 5.43 Å². The van der Waals surface area contributed by atoms with E-state index in [0.717, 1.165) is 32.5 Å². The lowest BCUT2D eigenvalue weighted by Gasteiger charge is -2.35. The van der Waals surface area contributed by atoms with E-state index in [-0.39, 0.29) is 18.5 Å². The van der Waals surface area contributed by atoms with Crippen molar-refractivity contribution in [2.45, 2.75) is 31.5 Å². The Balaban J connectivity index is 1.39. The summed E-state index contributed by atoms with van der Waals surface area (Å²) in [5.74, 6) is 1.32. The van der Waals surface area contributed by atoms with E-state index < -0.39 is 0 Å². The normalized spacial score (nSPS) is 20.9. The highest BCUT2D eigenvalue weighted by molar-refractivity contribution is 7.99. The highest BCUT2D eigenvalue weighted by Crippen LogP contribution is 2.20. The van der Waals surface area contributed by atoms with Gasteiger partial charge in [-0.2, -0.15) is 10.5 Å². The van der Waals surface area contributed by atoms with Crippen LogP contribution in [0.1, 0.15) is 24.0 Å². The number of likely N-dealkylation sites (tertiary alicyclic amines) is 1. The molecule has 0 bridgehead atoms. The molecule has 1 unspecified atom stereocenters. The fourth-order valence-electron chi connectivity index (χ4n) is 3.61. The van der Waals surface area contributed by atoms with E-state index in [0.29, 0.717) is 23.2 Å². The minimum absolute atomic E-state index is 0.00445. The van der Waals surface area contributed by atoms with Crippen LogP contribution >= 0.6 is 11.8 Å². The Morgan fingerprint density at radius 2 is 2.00 bits per heavy atom. The number of likely N-dealkylation sites (N-methyl/N-ethyl adjacent to an activating group) is 1. The van der Waals surface area contributed by atoms with E-state index in [9.17, 15) is 4.79 Å². The van der Waals surface area contributed by atoms with E-state index in [1.807, 2.05) is 36.3 Å². The Morgan fingerprint density at radius 3 is 2.64 bits per heavy atom. The van der Waals surface area contributed by atoms with Crippen LogP contribution in [0.4, 0.5) is 0 Å². The minimum Gasteiger partial charge on any atom is -0.315 e. The molecular formula is C20H26N6OS. The summed E-state index contributed by atoms with van der Waals surface area (Å²) in [7, 11) is 1.89. The zero-order chi connectivity index (χ0) is 19.9. The van der Waals surface area contributed by atoms with E-state index in [1.54, 1.807) is 16.7 Å². The summed E-state index contributed by atoms with van der Waals surface area (Å²) in [5.41, 5.74) is 5.36. The zero-order valence-electron chi connectivity index (χ0n) is 16.2. The van der Waals surface area contributed by atoms with Gasteiger partial charge in [-0.05, 0) is 30.5 Å². The van der Waals surface area contributed by atoms with Crippen LogP contribution in [0, 0.1) is 22.7 Å². The number of rotatable bonds is 6. The summed E-state index contributed by atoms with van der Waals surface area (Å²) in [4.78, 5) is 16.5. The molecule has 2 aliphatic heterocycles. The summed E-state index contributed by atoms with van der Waals surface area (Å²) in [6.07, 6.45) is 2.05. The first-order valence-electron chi connectivity index (χ1n) is 9.54. The lowest BCUT2D eigenvalue weighted by molar-refractivity contribution is -0.132. The van der Waals surface area contributed by atoms with Gasteiger partial charge >= 0.3 is 0 Å². The Hall–Kier alpha value is -2.10. The van der Waals surface area contributed by atoms with Gasteiger partial charge in [0.25, 0.3) is 0 Å². The van der Waals surface area contributed by atoms with Crippen molar-refractivity contribution in [3.63, 3.8) is 0 Å². The van der Waals surface area contributed by atoms with Crippen LogP contribution in [0.5, 0.6) is 0 Å². The molecule has 0 saturated carbocycles. The second-order valence-electron chi connectivity index (χ2n) is 7.35. The molecular weight excluding hydrogens is 372 g/mol. The molecule has 8 heteroatoms. The summed E-state index contributed by atoms with van der Waals surface area (Å²) in [5, 5.41) is 19.9. The smallest absolute Gasteiger partial charge is 0.239 e. The zero-order valence-corrected chi connectivity index (χ0v) is 17.0. The van der Waals surface area contributed by atoms with Crippen molar-refractivity contribution < 1.29 is 4.79 Å². The number of carbonyl (C=O) groups is 1. The van der Waals surface area contributed by atoms with Gasteiger partial charge in [0.15, 0.2) is 0 Å². The average molecular weight is 399 g/mol. The maximum absolute atomic E-state index is 12.4. The van der Waals surface area contributed by atoms with Crippen molar-refractivity contribution >= 4 is 17.7 Å². The summed E-state index contributed by atoms with van der Waals surface area (Å²) in [6.45, 7) is 3.18. The highest BCUT2D eigenvalue weighted by atomic mass is 32.2. The monoisotopic (exact) mass is 398 g/mol. The van der Waals surface area contributed by atoms with Gasteiger partial charge in [0.1, 0.15) is 6.04 Å². The molecule has 2 aliphatic rings. The first-order valence-corrected chi connectivity index (χ1v) is 10.7. The van der Waals surface area contributed by atoms with Crippen molar-refractivity contribution in [1.82, 2.24) is 20.2 Å². The second-order valence-corrected chi connectivity index (χ2v) is 8.35. The SMILES string of the molecule is CN(CC(=O)N1CSCC1C#N)NC1CCN(Cc2ccc(C#N)cc2)CC1. The molecule has 0 spiro atoms. The molecule has 1 aromatic rings. The standard InChI is InChI=1S/C20H26N6OS/c1-24(13-20(27)26-15-28-14-19(26)11-22)23-18-6-8-25(9-7-18)12-17-4-2-16(10-21)3-5-17/h2-5,18-19,23H,6-9,12-15H2,1H3. The Bertz CT molecular complexity index is 747. The molecule has 7 nitrogen and oxygen atoms in total. The molecule has 1 aromatic carbocycles. The molecule has 1 atom stereocenters. The minimum atomic E-state index is -0.295. The van der Waals surface area contributed by atoms with Crippen LogP contribution in [0.3, 0.4) is 0 Å². The first-order chi connectivity index (χ1) is 13.6. The molecule has 2 heterocycles. The van der Waals surface area contributed by atoms with E-state index >= 15 is 0 Å². The van der Waals surface area contributed by atoms with Gasteiger partial charge in [-0.15, -0.1) is 11.8 Å². The van der Waals surface area contributed by atoms with Gasteiger partial charge < -0.3 is 4.90 Å². The fourth-order valence-corrected chi connectivity index (χ4v) is 4.71. The number of piperidine rings is 1. The van der Waals surface area contributed by atoms with Crippen LogP contribution in [0.25, 0.3) is 0 Å². The van der Waals surface area contributed by atoms with Gasteiger partial charge in [0, 0.05) is 38.5 Å². The van der Waals surface area contributed by atoms with Crippen molar-refractivity contribution in [3.05, 3.63) is 35.4 Å². The fraction of sp³-hybridized carbons (Fsp3) is 0.550. The number of hydrogen-bond acceptors (Lipinski definition) is 7. The number of hydrazine groups is 1. The Kier molecular flexibility index (Phi) is 7.30. The highest BCUT2D eigenvalue weighted by Gasteiger charge is 2.30. The van der Waals surface area contributed by atoms with Gasteiger partial charge in [0.05, 0.1) is 30.1 Å². The second kappa shape index (κ2) is 9.90. The van der Waals surface area contributed by atoms with E-state index in [4.69, 9.17) is 10.5 Å². The van der Waals surface area contributed by atoms with Crippen molar-refractivity contribution in [2.24, 2.45) is 0 Å². The lowest BCUT2D eigenvalue weighted by atomic mass is 10.0. The quantitative estimate of drug-likeness (QED) is 0.725. The third-order valence-electron chi connectivity index (χ3n) is 5.20. The van der Waals surface area contributed by atoms with E-state index in [2.05, 4.69) is 22.5 Å². The number of carbonyl (C=O) groups excluding carboxylic acids is 1. The lowest BCUT2D eigenvalue weighted by Crippen LogP contribution is -2.51. The molecule has 0 aliphatic carbocycles. The molecule has 2 saturated heterocycles. The average Bonchev–Trinajstić information content (AvgIpc) is 3.19. The molecule has 28 heavy (non-hydrogen) atoms. The number of nitriles is 2. The summed E-state index contributed by atoms with van der Waals surface area (Å²) >= 11 is 1.63. The predicted molar refractivity (Wildman–Crippen MR) is 109 cm³/mol. The number of benzene rings is 1. The van der Waals surface area contributed by atoms with Gasteiger partial charge in [-0.3, -0.25) is 15.1 Å². The van der Waals surface area contributed by atoms with Gasteiger partial charge in [-0.1, -0.05) is 12.1 Å². The van der Waals surface area contributed by atoms with Crippen LogP contribution in [-0.4, -0.2) is 71.1 Å². The number of hydrogen-bond donors (Lipinski definition) is 1. The topological polar surface area (TPSA) is 86.4 Å². The van der Waals surface area contributed by atoms with Crippen LogP contribution in [-0.2, 0) is 11.3 Å². The first kappa shape index (κ1) is 20.6. The van der Waals surface area contributed by atoms with Gasteiger partial charge in [-0.25, -0.2) is 5.01 Å². The third-order valence-corrected chi connectivity index (χ3v) is 6.22.